The van der Waals surface area contributed by atoms with Crippen molar-refractivity contribution in [3.8, 4) is 11.4 Å². The Morgan fingerprint density at radius 3 is 2.35 bits per heavy atom. The Kier molecular flexibility index (Phi) is 6.21. The molecular formula is C27H32N4O3. The Bertz CT molecular complexity index is 1430. The number of fused-ring (bicyclic) bond motifs is 1. The fraction of sp³-hybridized carbons (Fsp3) is 0.370. The normalized spacial score (nSPS) is 12.0. The topological polar surface area (TPSA) is 71.1 Å². The number of aromatic nitrogens is 4. The predicted octanol–water partition coefficient (Wildman–Crippen LogP) is 4.36. The second-order valence-electron chi connectivity index (χ2n) is 10.1. The van der Waals surface area contributed by atoms with E-state index in [9.17, 15) is 9.59 Å². The van der Waals surface area contributed by atoms with E-state index < -0.39 is 5.69 Å². The van der Waals surface area contributed by atoms with E-state index in [4.69, 9.17) is 4.74 Å². The van der Waals surface area contributed by atoms with E-state index in [1.165, 1.54) is 14.7 Å². The summed E-state index contributed by atoms with van der Waals surface area (Å²) in [5.74, 6) is 0.750. The molecule has 2 aromatic heterocycles. The van der Waals surface area contributed by atoms with Crippen LogP contribution >= 0.6 is 0 Å². The Morgan fingerprint density at radius 1 is 1.03 bits per heavy atom. The Balaban J connectivity index is 1.90. The van der Waals surface area contributed by atoms with Crippen LogP contribution in [0.5, 0.6) is 5.75 Å². The minimum Gasteiger partial charge on any atom is -0.497 e. The van der Waals surface area contributed by atoms with Gasteiger partial charge in [0.15, 0.2) is 11.2 Å². The van der Waals surface area contributed by atoms with E-state index in [0.717, 1.165) is 5.56 Å². The van der Waals surface area contributed by atoms with Crippen molar-refractivity contribution in [2.45, 2.75) is 53.1 Å². The summed E-state index contributed by atoms with van der Waals surface area (Å²) in [4.78, 5) is 31.5. The summed E-state index contributed by atoms with van der Waals surface area (Å²) in [7, 11) is 1.58. The maximum Gasteiger partial charge on any atom is 0.337 e. The van der Waals surface area contributed by atoms with Crippen molar-refractivity contribution in [2.24, 2.45) is 5.92 Å². The largest absolute Gasteiger partial charge is 0.497 e. The molecule has 0 bridgehead atoms. The van der Waals surface area contributed by atoms with Gasteiger partial charge in [0.25, 0.3) is 5.56 Å². The number of ether oxygens (including phenoxy) is 1. The number of rotatable bonds is 6. The highest BCUT2D eigenvalue weighted by Crippen LogP contribution is 2.23. The third-order valence-electron chi connectivity index (χ3n) is 5.93. The van der Waals surface area contributed by atoms with Gasteiger partial charge in [0.05, 0.1) is 19.1 Å². The lowest BCUT2D eigenvalue weighted by Crippen LogP contribution is -2.41. The van der Waals surface area contributed by atoms with E-state index >= 15 is 0 Å². The van der Waals surface area contributed by atoms with Gasteiger partial charge in [0.2, 0.25) is 0 Å². The van der Waals surface area contributed by atoms with Crippen LogP contribution in [0.25, 0.3) is 16.9 Å². The Hall–Kier alpha value is -3.61. The SMILES string of the molecule is COc1cccc(-n2c(=O)n(CC(C)C)c(=O)c3c2ncn3Cc2ccc(C(C)(C)C)cc2)c1. The van der Waals surface area contributed by atoms with Crippen LogP contribution in [-0.4, -0.2) is 25.8 Å². The molecule has 4 aromatic rings. The van der Waals surface area contributed by atoms with Crippen molar-refractivity contribution in [3.63, 3.8) is 0 Å². The molecule has 0 amide bonds. The molecule has 0 spiro atoms. The van der Waals surface area contributed by atoms with Gasteiger partial charge in [-0.15, -0.1) is 0 Å². The van der Waals surface area contributed by atoms with E-state index in [2.05, 4.69) is 50.0 Å². The molecule has 0 atom stereocenters. The maximum atomic E-state index is 13.5. The van der Waals surface area contributed by atoms with Crippen molar-refractivity contribution in [1.29, 1.82) is 0 Å². The molecule has 0 N–H and O–H groups in total. The number of nitrogens with zero attached hydrogens (tertiary/aromatic N) is 4. The number of methoxy groups -OCH3 is 1. The zero-order valence-electron chi connectivity index (χ0n) is 20.7. The van der Waals surface area contributed by atoms with Crippen molar-refractivity contribution >= 4 is 11.2 Å². The van der Waals surface area contributed by atoms with Crippen LogP contribution in [0.15, 0.2) is 64.4 Å². The first-order chi connectivity index (χ1) is 16.1. The average molecular weight is 461 g/mol. The highest BCUT2D eigenvalue weighted by molar-refractivity contribution is 5.72. The first-order valence-corrected chi connectivity index (χ1v) is 11.5. The van der Waals surface area contributed by atoms with Crippen molar-refractivity contribution in [3.05, 3.63) is 86.8 Å². The van der Waals surface area contributed by atoms with Gasteiger partial charge in [-0.3, -0.25) is 9.36 Å². The smallest absolute Gasteiger partial charge is 0.337 e. The van der Waals surface area contributed by atoms with E-state index in [-0.39, 0.29) is 16.9 Å². The van der Waals surface area contributed by atoms with Gasteiger partial charge in [-0.2, -0.15) is 0 Å². The third kappa shape index (κ3) is 4.42. The van der Waals surface area contributed by atoms with Gasteiger partial charge in [0, 0.05) is 19.2 Å². The molecule has 7 heteroatoms. The predicted molar refractivity (Wildman–Crippen MR) is 135 cm³/mol. The molecule has 34 heavy (non-hydrogen) atoms. The van der Waals surface area contributed by atoms with Crippen molar-refractivity contribution < 1.29 is 4.74 Å². The zero-order valence-corrected chi connectivity index (χ0v) is 20.7. The number of benzene rings is 2. The quantitative estimate of drug-likeness (QED) is 0.429. The van der Waals surface area contributed by atoms with Crippen LogP contribution in [0.1, 0.15) is 45.7 Å². The minimum atomic E-state index is -0.403. The molecule has 0 unspecified atom stereocenters. The molecule has 0 radical (unpaired) electrons. The van der Waals surface area contributed by atoms with E-state index in [0.29, 0.717) is 35.7 Å². The summed E-state index contributed by atoms with van der Waals surface area (Å²) in [6, 6.07) is 15.6. The molecular weight excluding hydrogens is 428 g/mol. The summed E-state index contributed by atoms with van der Waals surface area (Å²) in [6.07, 6.45) is 1.64. The molecule has 178 valence electrons. The van der Waals surface area contributed by atoms with Crippen molar-refractivity contribution in [2.75, 3.05) is 7.11 Å². The molecule has 0 aliphatic heterocycles. The molecule has 2 heterocycles. The fourth-order valence-corrected chi connectivity index (χ4v) is 4.12. The first-order valence-electron chi connectivity index (χ1n) is 11.5. The van der Waals surface area contributed by atoms with E-state index in [1.54, 1.807) is 19.5 Å². The Labute approximate surface area is 199 Å². The van der Waals surface area contributed by atoms with Gasteiger partial charge in [0.1, 0.15) is 5.75 Å². The van der Waals surface area contributed by atoms with Gasteiger partial charge in [-0.1, -0.05) is 65.0 Å². The molecule has 0 saturated heterocycles. The second-order valence-corrected chi connectivity index (χ2v) is 10.1. The van der Waals surface area contributed by atoms with Crippen LogP contribution in [0.3, 0.4) is 0 Å². The minimum absolute atomic E-state index is 0.0671. The number of hydrogen-bond acceptors (Lipinski definition) is 4. The van der Waals surface area contributed by atoms with Gasteiger partial charge in [-0.05, 0) is 34.6 Å². The summed E-state index contributed by atoms with van der Waals surface area (Å²) in [5.41, 5.74) is 3.00. The van der Waals surface area contributed by atoms with Gasteiger partial charge >= 0.3 is 5.69 Å². The summed E-state index contributed by atoms with van der Waals surface area (Å²) in [6.45, 7) is 11.3. The van der Waals surface area contributed by atoms with Gasteiger partial charge in [-0.25, -0.2) is 14.3 Å². The van der Waals surface area contributed by atoms with Crippen LogP contribution in [0, 0.1) is 5.92 Å². The fourth-order valence-electron chi connectivity index (χ4n) is 4.12. The molecule has 0 fully saturated rings. The zero-order chi connectivity index (χ0) is 24.6. The summed E-state index contributed by atoms with van der Waals surface area (Å²) < 4.78 is 10.00. The lowest BCUT2D eigenvalue weighted by molar-refractivity contribution is 0.414. The van der Waals surface area contributed by atoms with Crippen LogP contribution in [0.2, 0.25) is 0 Å². The molecule has 0 aliphatic carbocycles. The molecule has 2 aromatic carbocycles. The highest BCUT2D eigenvalue weighted by atomic mass is 16.5. The summed E-state index contributed by atoms with van der Waals surface area (Å²) >= 11 is 0. The highest BCUT2D eigenvalue weighted by Gasteiger charge is 2.20. The average Bonchev–Trinajstić information content (AvgIpc) is 3.19. The van der Waals surface area contributed by atoms with Crippen LogP contribution in [-0.2, 0) is 18.5 Å². The molecule has 0 aliphatic rings. The molecule has 0 saturated carbocycles. The Morgan fingerprint density at radius 2 is 1.74 bits per heavy atom. The third-order valence-corrected chi connectivity index (χ3v) is 5.93. The number of hydrogen-bond donors (Lipinski definition) is 0. The number of imidazole rings is 1. The van der Waals surface area contributed by atoms with Crippen LogP contribution in [0.4, 0.5) is 0 Å². The monoisotopic (exact) mass is 460 g/mol. The second kappa shape index (κ2) is 8.97. The van der Waals surface area contributed by atoms with Gasteiger partial charge < -0.3 is 9.30 Å². The molecule has 4 rings (SSSR count). The van der Waals surface area contributed by atoms with Crippen molar-refractivity contribution in [1.82, 2.24) is 18.7 Å². The lowest BCUT2D eigenvalue weighted by atomic mass is 9.87. The lowest BCUT2D eigenvalue weighted by Gasteiger charge is -2.19. The standard InChI is InChI=1S/C27H32N4O3/c1-18(2)15-30-25(32)23-24(31(26(30)33)21-8-7-9-22(14-21)34-6)28-17-29(23)16-19-10-12-20(13-11-19)27(3,4)5/h7-14,17-18H,15-16H2,1-6H3. The van der Waals surface area contributed by atoms with Crippen LogP contribution < -0.4 is 16.0 Å². The maximum absolute atomic E-state index is 13.5. The summed E-state index contributed by atoms with van der Waals surface area (Å²) in [5, 5.41) is 0. The van der Waals surface area contributed by atoms with E-state index in [1.807, 2.05) is 36.6 Å². The molecule has 7 nitrogen and oxygen atoms in total. The first kappa shape index (κ1) is 23.5.